The quantitative estimate of drug-likeness (QED) is 0.856. The predicted octanol–water partition coefficient (Wildman–Crippen LogP) is 0.725. The summed E-state index contributed by atoms with van der Waals surface area (Å²) in [6, 6.07) is 9.22. The van der Waals surface area contributed by atoms with Crippen molar-refractivity contribution in [3.63, 3.8) is 0 Å². The summed E-state index contributed by atoms with van der Waals surface area (Å²) in [5, 5.41) is 5.80. The minimum absolute atomic E-state index is 0. The van der Waals surface area contributed by atoms with E-state index in [1.165, 1.54) is 4.90 Å². The zero-order valence-corrected chi connectivity index (χ0v) is 11.6. The van der Waals surface area contributed by atoms with Crippen LogP contribution in [0.2, 0.25) is 0 Å². The summed E-state index contributed by atoms with van der Waals surface area (Å²) in [6.45, 7) is 1.51. The number of para-hydroxylation sites is 1. The summed E-state index contributed by atoms with van der Waals surface area (Å²) in [5.41, 5.74) is 0.744. The van der Waals surface area contributed by atoms with E-state index >= 15 is 0 Å². The van der Waals surface area contributed by atoms with Gasteiger partial charge in [-0.05, 0) is 12.1 Å². The molecule has 0 aromatic heterocycles. The van der Waals surface area contributed by atoms with E-state index in [0.717, 1.165) is 5.69 Å². The smallest absolute Gasteiger partial charge is 0.243 e. The lowest BCUT2D eigenvalue weighted by Crippen LogP contribution is -2.52. The first-order valence-electron chi connectivity index (χ1n) is 5.97. The van der Waals surface area contributed by atoms with Gasteiger partial charge in [0.1, 0.15) is 0 Å². The summed E-state index contributed by atoms with van der Waals surface area (Å²) in [4.78, 5) is 25.0. The normalized spacial score (nSPS) is 13.9. The summed E-state index contributed by atoms with van der Waals surface area (Å²) < 4.78 is 0. The first-order chi connectivity index (χ1) is 8.66. The number of anilines is 1. The fourth-order valence-corrected chi connectivity index (χ4v) is 1.79. The van der Waals surface area contributed by atoms with Gasteiger partial charge >= 0.3 is 0 Å². The molecule has 0 unspecified atom stereocenters. The third-order valence-electron chi connectivity index (χ3n) is 2.95. The minimum Gasteiger partial charge on any atom is -0.336 e. The summed E-state index contributed by atoms with van der Waals surface area (Å²) >= 11 is 0. The monoisotopic (exact) mass is 283 g/mol. The van der Waals surface area contributed by atoms with Crippen LogP contribution in [0.3, 0.4) is 0 Å². The van der Waals surface area contributed by atoms with E-state index in [4.69, 9.17) is 0 Å². The maximum Gasteiger partial charge on any atom is 0.243 e. The Morgan fingerprint density at radius 1 is 1.32 bits per heavy atom. The average Bonchev–Trinajstić information content (AvgIpc) is 2.27. The molecule has 6 heteroatoms. The fraction of sp³-hybridized carbons (Fsp3) is 0.385. The largest absolute Gasteiger partial charge is 0.336 e. The van der Waals surface area contributed by atoms with Crippen LogP contribution in [0.15, 0.2) is 30.3 Å². The topological polar surface area (TPSA) is 61.4 Å². The maximum atomic E-state index is 11.8. The number of carbonyl (C=O) groups excluding carboxylic acids is 2. The van der Waals surface area contributed by atoms with E-state index < -0.39 is 0 Å². The highest BCUT2D eigenvalue weighted by Crippen LogP contribution is 2.08. The molecule has 2 N–H and O–H groups in total. The van der Waals surface area contributed by atoms with Gasteiger partial charge in [-0.25, -0.2) is 0 Å². The van der Waals surface area contributed by atoms with Crippen LogP contribution in [0.25, 0.3) is 0 Å². The minimum atomic E-state index is -0.177. The van der Waals surface area contributed by atoms with Crippen molar-refractivity contribution in [3.8, 4) is 0 Å². The third kappa shape index (κ3) is 4.22. The molecule has 0 aliphatic carbocycles. The lowest BCUT2D eigenvalue weighted by molar-refractivity contribution is -0.138. The Morgan fingerprint density at radius 2 is 1.95 bits per heavy atom. The zero-order valence-electron chi connectivity index (χ0n) is 10.8. The molecule has 0 radical (unpaired) electrons. The van der Waals surface area contributed by atoms with E-state index in [0.29, 0.717) is 13.1 Å². The first-order valence-corrected chi connectivity index (χ1v) is 5.97. The number of benzene rings is 1. The highest BCUT2D eigenvalue weighted by atomic mass is 35.5. The van der Waals surface area contributed by atoms with Crippen LogP contribution in [0.4, 0.5) is 5.69 Å². The molecule has 2 amide bonds. The number of halogens is 1. The predicted molar refractivity (Wildman–Crippen MR) is 76.3 cm³/mol. The number of amides is 2. The number of carbonyl (C=O) groups is 2. The van der Waals surface area contributed by atoms with Crippen molar-refractivity contribution in [1.29, 1.82) is 0 Å². The van der Waals surface area contributed by atoms with E-state index in [-0.39, 0.29) is 36.7 Å². The lowest BCUT2D eigenvalue weighted by Gasteiger charge is -2.29. The van der Waals surface area contributed by atoms with Gasteiger partial charge in [-0.1, -0.05) is 18.2 Å². The summed E-state index contributed by atoms with van der Waals surface area (Å²) in [7, 11) is 1.66. The van der Waals surface area contributed by atoms with Crippen molar-refractivity contribution in [2.24, 2.45) is 5.92 Å². The molecule has 19 heavy (non-hydrogen) atoms. The molecule has 0 bridgehead atoms. The van der Waals surface area contributed by atoms with Crippen molar-refractivity contribution in [2.75, 3.05) is 32.0 Å². The fourth-order valence-electron chi connectivity index (χ4n) is 1.79. The van der Waals surface area contributed by atoms with Crippen LogP contribution in [0.5, 0.6) is 0 Å². The lowest BCUT2D eigenvalue weighted by atomic mass is 10.0. The highest BCUT2D eigenvalue weighted by molar-refractivity contribution is 5.94. The van der Waals surface area contributed by atoms with E-state index in [1.807, 2.05) is 30.3 Å². The van der Waals surface area contributed by atoms with Gasteiger partial charge in [-0.15, -0.1) is 12.4 Å². The van der Waals surface area contributed by atoms with Crippen LogP contribution in [-0.2, 0) is 9.59 Å². The number of hydrogen-bond acceptors (Lipinski definition) is 3. The third-order valence-corrected chi connectivity index (χ3v) is 2.95. The molecular formula is C13H18ClN3O2. The van der Waals surface area contributed by atoms with E-state index in [2.05, 4.69) is 10.6 Å². The van der Waals surface area contributed by atoms with Gasteiger partial charge in [0.15, 0.2) is 0 Å². The van der Waals surface area contributed by atoms with Gasteiger partial charge in [0, 0.05) is 25.8 Å². The molecule has 1 aromatic rings. The van der Waals surface area contributed by atoms with E-state index in [1.54, 1.807) is 7.05 Å². The molecule has 1 aromatic carbocycles. The number of nitrogens with one attached hydrogen (secondary N) is 2. The van der Waals surface area contributed by atoms with Crippen molar-refractivity contribution in [1.82, 2.24) is 10.2 Å². The van der Waals surface area contributed by atoms with Crippen LogP contribution >= 0.6 is 12.4 Å². The van der Waals surface area contributed by atoms with Gasteiger partial charge in [0.25, 0.3) is 0 Å². The van der Waals surface area contributed by atoms with Crippen molar-refractivity contribution in [2.45, 2.75) is 0 Å². The average molecular weight is 284 g/mol. The van der Waals surface area contributed by atoms with Crippen LogP contribution < -0.4 is 10.6 Å². The molecule has 1 saturated heterocycles. The molecule has 1 heterocycles. The molecule has 0 atom stereocenters. The molecule has 1 aliphatic heterocycles. The Bertz CT molecular complexity index is 435. The Balaban J connectivity index is 0.00000180. The van der Waals surface area contributed by atoms with Gasteiger partial charge < -0.3 is 15.5 Å². The molecule has 5 nitrogen and oxygen atoms in total. The van der Waals surface area contributed by atoms with Gasteiger partial charge in [-0.3, -0.25) is 9.59 Å². The Labute approximate surface area is 118 Å². The zero-order chi connectivity index (χ0) is 13.0. The Kier molecular flexibility index (Phi) is 5.79. The van der Waals surface area contributed by atoms with Gasteiger partial charge in [-0.2, -0.15) is 0 Å². The molecular weight excluding hydrogens is 266 g/mol. The van der Waals surface area contributed by atoms with Crippen LogP contribution in [0.1, 0.15) is 0 Å². The van der Waals surface area contributed by atoms with E-state index in [9.17, 15) is 9.59 Å². The molecule has 2 rings (SSSR count). The van der Waals surface area contributed by atoms with Gasteiger partial charge in [0.05, 0.1) is 12.5 Å². The summed E-state index contributed by atoms with van der Waals surface area (Å²) in [5.74, 6) is -0.124. The molecule has 1 fully saturated rings. The van der Waals surface area contributed by atoms with Crippen LogP contribution in [-0.4, -0.2) is 43.4 Å². The van der Waals surface area contributed by atoms with Gasteiger partial charge in [0.2, 0.25) is 11.8 Å². The Morgan fingerprint density at radius 3 is 2.47 bits per heavy atom. The second-order valence-corrected chi connectivity index (χ2v) is 4.46. The summed E-state index contributed by atoms with van der Waals surface area (Å²) in [6.07, 6.45) is 0. The molecule has 0 saturated carbocycles. The van der Waals surface area contributed by atoms with Crippen molar-refractivity contribution in [3.05, 3.63) is 30.3 Å². The second kappa shape index (κ2) is 7.11. The highest BCUT2D eigenvalue weighted by Gasteiger charge is 2.28. The number of nitrogens with zero attached hydrogens (tertiary/aromatic N) is 1. The number of hydrogen-bond donors (Lipinski definition) is 2. The second-order valence-electron chi connectivity index (χ2n) is 4.46. The van der Waals surface area contributed by atoms with Crippen molar-refractivity contribution < 1.29 is 9.59 Å². The molecule has 1 aliphatic rings. The molecule has 0 spiro atoms. The number of likely N-dealkylation sites (N-methyl/N-ethyl adjacent to an activating group) is 1. The van der Waals surface area contributed by atoms with Crippen LogP contribution in [0, 0.1) is 5.92 Å². The Hall–Kier alpha value is -1.59. The van der Waals surface area contributed by atoms with Crippen molar-refractivity contribution >= 4 is 29.9 Å². The standard InChI is InChI=1S/C13H17N3O2.ClH/c1-16(13(18)10-7-14-8-10)9-12(17)15-11-5-3-2-4-6-11;/h2-6,10,14H,7-9H2,1H3,(H,15,17);1H. The maximum absolute atomic E-state index is 11.8. The SMILES string of the molecule is CN(CC(=O)Nc1ccccc1)C(=O)C1CNC1.Cl. The first kappa shape index (κ1) is 15.5. The molecule has 104 valence electrons. The number of rotatable bonds is 4.